The van der Waals surface area contributed by atoms with Gasteiger partial charge in [-0.15, -0.1) is 0 Å². The summed E-state index contributed by atoms with van der Waals surface area (Å²) in [5.74, 6) is -2.89. The molecule has 0 spiro atoms. The molecule has 1 aromatic carbocycles. The summed E-state index contributed by atoms with van der Waals surface area (Å²) in [6.45, 7) is 8.60. The Morgan fingerprint density at radius 2 is 1.67 bits per heavy atom. The summed E-state index contributed by atoms with van der Waals surface area (Å²) in [7, 11) is -3.73. The highest BCUT2D eigenvalue weighted by Crippen LogP contribution is 2.42. The summed E-state index contributed by atoms with van der Waals surface area (Å²) >= 11 is 0. The highest BCUT2D eigenvalue weighted by molar-refractivity contribution is 7.85. The molecule has 0 amide bonds. The van der Waals surface area contributed by atoms with E-state index in [2.05, 4.69) is 0 Å². The maximum absolute atomic E-state index is 13.1. The van der Waals surface area contributed by atoms with E-state index in [1.165, 1.54) is 0 Å². The molecule has 0 aliphatic carbocycles. The first-order chi connectivity index (χ1) is 13.7. The largest absolute Gasteiger partial charge is 0.481 e. The molecule has 8 heteroatoms. The molecule has 1 N–H and O–H groups in total. The number of carboxylic acid groups (broad SMARTS) is 1. The molecule has 0 aromatic heterocycles. The quantitative estimate of drug-likeness (QED) is 0.411. The number of ether oxygens (including phenoxy) is 1. The van der Waals surface area contributed by atoms with Crippen molar-refractivity contribution in [1.82, 2.24) is 0 Å². The Balaban J connectivity index is 3.45. The van der Waals surface area contributed by atoms with Crippen molar-refractivity contribution in [2.45, 2.75) is 59.5 Å². The molecule has 0 heterocycles. The molecule has 0 unspecified atom stereocenters. The van der Waals surface area contributed by atoms with Gasteiger partial charge in [-0.05, 0) is 51.5 Å². The molecule has 30 heavy (non-hydrogen) atoms. The van der Waals surface area contributed by atoms with E-state index < -0.39 is 39.0 Å². The maximum atomic E-state index is 13.1. The smallest absolute Gasteiger partial charge is 0.310 e. The Kier molecular flexibility index (Phi) is 9.05. The lowest BCUT2D eigenvalue weighted by Gasteiger charge is -2.38. The molecule has 0 bridgehead atoms. The summed E-state index contributed by atoms with van der Waals surface area (Å²) in [6, 6.07) is 9.09. The van der Waals surface area contributed by atoms with Gasteiger partial charge in [0, 0.05) is 0 Å². The van der Waals surface area contributed by atoms with E-state index in [9.17, 15) is 23.1 Å². The van der Waals surface area contributed by atoms with Gasteiger partial charge in [0.15, 0.2) is 0 Å². The molecular weight excluding hydrogens is 408 g/mol. The predicted octanol–water partition coefficient (Wildman–Crippen LogP) is 3.67. The fourth-order valence-corrected chi connectivity index (χ4v) is 4.05. The summed E-state index contributed by atoms with van der Waals surface area (Å²) in [5.41, 5.74) is -1.52. The van der Waals surface area contributed by atoms with Crippen molar-refractivity contribution < 1.29 is 32.0 Å². The van der Waals surface area contributed by atoms with Crippen molar-refractivity contribution in [1.29, 1.82) is 0 Å². The van der Waals surface area contributed by atoms with Crippen LogP contribution < -0.4 is 0 Å². The lowest BCUT2D eigenvalue weighted by atomic mass is 9.65. The van der Waals surface area contributed by atoms with E-state index in [1.807, 2.05) is 44.2 Å². The lowest BCUT2D eigenvalue weighted by Crippen LogP contribution is -2.47. The SMILES string of the molecule is CC(C)C[C@](Cc1ccccc1)(C(=O)O)[C@H](CCOS(C)(=O)=O)C(=O)OC(C)(C)C. The number of hydrogen-bond donors (Lipinski definition) is 1. The van der Waals surface area contributed by atoms with E-state index in [4.69, 9.17) is 8.92 Å². The number of hydrogen-bond acceptors (Lipinski definition) is 6. The minimum Gasteiger partial charge on any atom is -0.481 e. The van der Waals surface area contributed by atoms with Crippen LogP contribution in [-0.2, 0) is 35.0 Å². The van der Waals surface area contributed by atoms with E-state index in [0.29, 0.717) is 0 Å². The number of rotatable bonds is 11. The van der Waals surface area contributed by atoms with Gasteiger partial charge in [0.25, 0.3) is 10.1 Å². The van der Waals surface area contributed by atoms with Gasteiger partial charge in [0.2, 0.25) is 0 Å². The molecule has 7 nitrogen and oxygen atoms in total. The zero-order valence-electron chi connectivity index (χ0n) is 18.7. The zero-order valence-corrected chi connectivity index (χ0v) is 19.5. The summed E-state index contributed by atoms with van der Waals surface area (Å²) < 4.78 is 33.2. The van der Waals surface area contributed by atoms with Gasteiger partial charge in [-0.1, -0.05) is 44.2 Å². The summed E-state index contributed by atoms with van der Waals surface area (Å²) in [6.07, 6.45) is 1.16. The molecular formula is C22H34O7S. The average molecular weight is 443 g/mol. The van der Waals surface area contributed by atoms with Gasteiger partial charge < -0.3 is 9.84 Å². The van der Waals surface area contributed by atoms with Crippen molar-refractivity contribution in [3.05, 3.63) is 35.9 Å². The molecule has 0 fully saturated rings. The predicted molar refractivity (Wildman–Crippen MR) is 114 cm³/mol. The molecule has 0 saturated carbocycles. The monoisotopic (exact) mass is 442 g/mol. The van der Waals surface area contributed by atoms with Crippen LogP contribution in [0.4, 0.5) is 0 Å². The van der Waals surface area contributed by atoms with Crippen LogP contribution in [0.1, 0.15) is 53.0 Å². The molecule has 1 rings (SSSR count). The number of benzene rings is 1. The van der Waals surface area contributed by atoms with Gasteiger partial charge in [-0.25, -0.2) is 0 Å². The average Bonchev–Trinajstić information content (AvgIpc) is 2.55. The zero-order chi connectivity index (χ0) is 23.2. The van der Waals surface area contributed by atoms with Crippen LogP contribution in [0.3, 0.4) is 0 Å². The topological polar surface area (TPSA) is 107 Å². The first-order valence-corrected chi connectivity index (χ1v) is 11.8. The van der Waals surface area contributed by atoms with Crippen LogP contribution >= 0.6 is 0 Å². The molecule has 0 aliphatic heterocycles. The second-order valence-corrected chi connectivity index (χ2v) is 10.8. The normalized spacial score (nSPS) is 15.4. The van der Waals surface area contributed by atoms with Gasteiger partial charge in [-0.3, -0.25) is 13.8 Å². The number of aliphatic carboxylic acids is 1. The molecule has 2 atom stereocenters. The van der Waals surface area contributed by atoms with Crippen LogP contribution in [-0.4, -0.2) is 43.9 Å². The van der Waals surface area contributed by atoms with E-state index in [0.717, 1.165) is 11.8 Å². The van der Waals surface area contributed by atoms with Crippen LogP contribution in [0.15, 0.2) is 30.3 Å². The van der Waals surface area contributed by atoms with Gasteiger partial charge in [-0.2, -0.15) is 8.42 Å². The van der Waals surface area contributed by atoms with E-state index >= 15 is 0 Å². The third-order valence-corrected chi connectivity index (χ3v) is 5.22. The molecule has 170 valence electrons. The Hall–Kier alpha value is -1.93. The number of carbonyl (C=O) groups excluding carboxylic acids is 1. The second kappa shape index (κ2) is 10.4. The minimum absolute atomic E-state index is 0.0226. The van der Waals surface area contributed by atoms with Crippen molar-refractivity contribution in [2.75, 3.05) is 12.9 Å². The molecule has 0 aliphatic rings. The molecule has 0 radical (unpaired) electrons. The highest BCUT2D eigenvalue weighted by atomic mass is 32.2. The van der Waals surface area contributed by atoms with Crippen molar-refractivity contribution in [3.63, 3.8) is 0 Å². The van der Waals surface area contributed by atoms with Crippen LogP contribution in [0.25, 0.3) is 0 Å². The van der Waals surface area contributed by atoms with E-state index in [1.54, 1.807) is 20.8 Å². The lowest BCUT2D eigenvalue weighted by molar-refractivity contribution is -0.175. The van der Waals surface area contributed by atoms with Crippen LogP contribution in [0.2, 0.25) is 0 Å². The first kappa shape index (κ1) is 26.1. The number of carbonyl (C=O) groups is 2. The Bertz CT molecular complexity index is 810. The van der Waals surface area contributed by atoms with Gasteiger partial charge in [0.1, 0.15) is 5.60 Å². The Labute approximate surface area is 179 Å². The van der Waals surface area contributed by atoms with Crippen LogP contribution in [0.5, 0.6) is 0 Å². The van der Waals surface area contributed by atoms with Crippen molar-refractivity contribution in [2.24, 2.45) is 17.3 Å². The molecule has 0 saturated heterocycles. The number of carboxylic acids is 1. The Morgan fingerprint density at radius 1 is 1.10 bits per heavy atom. The van der Waals surface area contributed by atoms with Crippen molar-refractivity contribution in [3.8, 4) is 0 Å². The van der Waals surface area contributed by atoms with E-state index in [-0.39, 0.29) is 31.8 Å². The first-order valence-electron chi connectivity index (χ1n) is 10.0. The summed E-state index contributed by atoms with van der Waals surface area (Å²) in [4.78, 5) is 25.8. The minimum atomic E-state index is -3.73. The highest BCUT2D eigenvalue weighted by Gasteiger charge is 2.50. The Morgan fingerprint density at radius 3 is 2.10 bits per heavy atom. The third kappa shape index (κ3) is 8.44. The fourth-order valence-electron chi connectivity index (χ4n) is 3.65. The number of esters is 1. The molecule has 1 aromatic rings. The standard InChI is InChI=1S/C22H34O7S/c1-16(2)14-22(20(24)25,15-17-10-8-7-9-11-17)18(12-13-28-30(6,26)27)19(23)29-21(3,4)5/h7-11,16,18H,12-15H2,1-6H3,(H,24,25)/t18-,22-/m1/s1. The van der Waals surface area contributed by atoms with Crippen molar-refractivity contribution >= 4 is 22.1 Å². The van der Waals surface area contributed by atoms with Crippen LogP contribution in [0, 0.1) is 17.3 Å². The van der Waals surface area contributed by atoms with Gasteiger partial charge in [0.05, 0.1) is 24.2 Å². The third-order valence-electron chi connectivity index (χ3n) is 4.62. The maximum Gasteiger partial charge on any atom is 0.310 e. The fraction of sp³-hybridized carbons (Fsp3) is 0.636. The second-order valence-electron chi connectivity index (χ2n) is 9.12. The van der Waals surface area contributed by atoms with Gasteiger partial charge >= 0.3 is 11.9 Å². The summed E-state index contributed by atoms with van der Waals surface area (Å²) in [5, 5.41) is 10.3.